The molecule has 1 aliphatic rings. The SMILES string of the molecule is Nc1cc(S(=O)(=O)NC2CCC(=O)NC2)c(F)cc1F. The molecule has 110 valence electrons. The van der Waals surface area contributed by atoms with Crippen molar-refractivity contribution in [2.75, 3.05) is 12.3 Å². The van der Waals surface area contributed by atoms with Gasteiger partial charge in [-0.25, -0.2) is 21.9 Å². The Hall–Kier alpha value is -1.74. The second-order valence-electron chi connectivity index (χ2n) is 4.47. The van der Waals surface area contributed by atoms with Gasteiger partial charge < -0.3 is 11.1 Å². The van der Waals surface area contributed by atoms with Crippen molar-refractivity contribution in [2.45, 2.75) is 23.8 Å². The molecule has 0 saturated carbocycles. The number of sulfonamides is 1. The van der Waals surface area contributed by atoms with Crippen LogP contribution in [0.2, 0.25) is 0 Å². The minimum atomic E-state index is -4.17. The highest BCUT2D eigenvalue weighted by Crippen LogP contribution is 2.21. The minimum Gasteiger partial charge on any atom is -0.396 e. The fourth-order valence-corrected chi connectivity index (χ4v) is 3.23. The van der Waals surface area contributed by atoms with Crippen LogP contribution in [0.5, 0.6) is 0 Å². The van der Waals surface area contributed by atoms with E-state index in [-0.39, 0.29) is 18.9 Å². The highest BCUT2D eigenvalue weighted by molar-refractivity contribution is 7.89. The Morgan fingerprint density at radius 1 is 1.30 bits per heavy atom. The minimum absolute atomic E-state index is 0.121. The van der Waals surface area contributed by atoms with E-state index in [1.165, 1.54) is 0 Å². The lowest BCUT2D eigenvalue weighted by molar-refractivity contribution is -0.122. The van der Waals surface area contributed by atoms with Crippen LogP contribution in [-0.2, 0) is 14.8 Å². The molecule has 0 radical (unpaired) electrons. The van der Waals surface area contributed by atoms with E-state index >= 15 is 0 Å². The van der Waals surface area contributed by atoms with Gasteiger partial charge in [0.15, 0.2) is 0 Å². The lowest BCUT2D eigenvalue weighted by Crippen LogP contribution is -2.47. The highest BCUT2D eigenvalue weighted by Gasteiger charge is 2.27. The second kappa shape index (κ2) is 5.33. The molecule has 1 aromatic carbocycles. The molecule has 1 heterocycles. The van der Waals surface area contributed by atoms with Gasteiger partial charge in [-0.05, 0) is 12.5 Å². The first-order valence-corrected chi connectivity index (χ1v) is 7.31. The largest absolute Gasteiger partial charge is 0.396 e. The van der Waals surface area contributed by atoms with E-state index in [2.05, 4.69) is 10.0 Å². The number of rotatable bonds is 3. The number of carbonyl (C=O) groups excluding carboxylic acids is 1. The van der Waals surface area contributed by atoms with E-state index in [4.69, 9.17) is 5.73 Å². The molecule has 1 unspecified atom stereocenters. The van der Waals surface area contributed by atoms with E-state index in [1.807, 2.05) is 0 Å². The third kappa shape index (κ3) is 3.05. The summed E-state index contributed by atoms with van der Waals surface area (Å²) < 4.78 is 52.9. The van der Waals surface area contributed by atoms with Gasteiger partial charge in [0.2, 0.25) is 15.9 Å². The molecule has 6 nitrogen and oxygen atoms in total. The van der Waals surface area contributed by atoms with Crippen molar-refractivity contribution in [3.05, 3.63) is 23.8 Å². The molecule has 0 spiro atoms. The maximum atomic E-state index is 13.6. The van der Waals surface area contributed by atoms with E-state index in [0.717, 1.165) is 6.07 Å². The number of benzene rings is 1. The average Bonchev–Trinajstić information content (AvgIpc) is 2.36. The number of nitrogens with one attached hydrogen (secondary N) is 2. The van der Waals surface area contributed by atoms with Crippen molar-refractivity contribution in [1.82, 2.24) is 10.0 Å². The van der Waals surface area contributed by atoms with Gasteiger partial charge in [0.05, 0.1) is 5.69 Å². The number of amides is 1. The van der Waals surface area contributed by atoms with Gasteiger partial charge in [-0.3, -0.25) is 4.79 Å². The lowest BCUT2D eigenvalue weighted by atomic mass is 10.1. The zero-order chi connectivity index (χ0) is 14.9. The Morgan fingerprint density at radius 2 is 2.00 bits per heavy atom. The van der Waals surface area contributed by atoms with Crippen LogP contribution >= 0.6 is 0 Å². The summed E-state index contributed by atoms with van der Waals surface area (Å²) in [5.41, 5.74) is 4.79. The predicted molar refractivity (Wildman–Crippen MR) is 67.1 cm³/mol. The summed E-state index contributed by atoms with van der Waals surface area (Å²) in [7, 11) is -4.17. The first kappa shape index (κ1) is 14.7. The topological polar surface area (TPSA) is 101 Å². The van der Waals surface area contributed by atoms with Gasteiger partial charge in [-0.15, -0.1) is 0 Å². The molecule has 1 saturated heterocycles. The summed E-state index contributed by atoms with van der Waals surface area (Å²) in [5.74, 6) is -2.41. The van der Waals surface area contributed by atoms with Crippen LogP contribution in [-0.4, -0.2) is 26.9 Å². The van der Waals surface area contributed by atoms with Gasteiger partial charge in [0.1, 0.15) is 16.5 Å². The summed E-state index contributed by atoms with van der Waals surface area (Å²) in [6, 6.07) is 0.615. The number of nitrogens with two attached hydrogens (primary N) is 1. The monoisotopic (exact) mass is 305 g/mol. The van der Waals surface area contributed by atoms with Gasteiger partial charge in [0.25, 0.3) is 0 Å². The Labute approximate surface area is 114 Å². The van der Waals surface area contributed by atoms with Crippen LogP contribution in [0, 0.1) is 11.6 Å². The molecule has 1 aliphatic heterocycles. The summed E-state index contributed by atoms with van der Waals surface area (Å²) in [5, 5.41) is 2.50. The fraction of sp³-hybridized carbons (Fsp3) is 0.364. The van der Waals surface area contributed by atoms with Crippen molar-refractivity contribution in [3.8, 4) is 0 Å². The van der Waals surface area contributed by atoms with Crippen molar-refractivity contribution in [1.29, 1.82) is 0 Å². The standard InChI is InChI=1S/C11H13F2N3O3S/c12-7-3-8(13)10(4-9(7)14)20(18,19)16-6-1-2-11(17)15-5-6/h3-4,6,16H,1-2,5,14H2,(H,15,17). The Kier molecular flexibility index (Phi) is 3.91. The Morgan fingerprint density at radius 3 is 2.60 bits per heavy atom. The molecule has 1 fully saturated rings. The molecule has 0 bridgehead atoms. The van der Waals surface area contributed by atoms with Gasteiger partial charge in [0, 0.05) is 25.1 Å². The average molecular weight is 305 g/mol. The van der Waals surface area contributed by atoms with E-state index in [0.29, 0.717) is 12.5 Å². The van der Waals surface area contributed by atoms with Crippen LogP contribution in [0.15, 0.2) is 17.0 Å². The second-order valence-corrected chi connectivity index (χ2v) is 6.15. The zero-order valence-electron chi connectivity index (χ0n) is 10.3. The molecular weight excluding hydrogens is 292 g/mol. The molecule has 1 aromatic rings. The quantitative estimate of drug-likeness (QED) is 0.690. The summed E-state index contributed by atoms with van der Waals surface area (Å²) in [6.07, 6.45) is 0.491. The van der Waals surface area contributed by atoms with Crippen LogP contribution in [0.25, 0.3) is 0 Å². The molecule has 0 aromatic heterocycles. The van der Waals surface area contributed by atoms with Gasteiger partial charge >= 0.3 is 0 Å². The van der Waals surface area contributed by atoms with Gasteiger partial charge in [-0.1, -0.05) is 0 Å². The maximum Gasteiger partial charge on any atom is 0.243 e. The number of carbonyl (C=O) groups is 1. The van der Waals surface area contributed by atoms with E-state index in [1.54, 1.807) is 0 Å². The van der Waals surface area contributed by atoms with Crippen molar-refractivity contribution in [3.63, 3.8) is 0 Å². The van der Waals surface area contributed by atoms with Gasteiger partial charge in [-0.2, -0.15) is 0 Å². The molecule has 1 atom stereocenters. The van der Waals surface area contributed by atoms with Crippen LogP contribution in [0.4, 0.5) is 14.5 Å². The number of anilines is 1. The van der Waals surface area contributed by atoms with Crippen molar-refractivity contribution in [2.24, 2.45) is 0 Å². The van der Waals surface area contributed by atoms with Crippen molar-refractivity contribution < 1.29 is 22.0 Å². The lowest BCUT2D eigenvalue weighted by Gasteiger charge is -2.23. The molecule has 4 N–H and O–H groups in total. The fourth-order valence-electron chi connectivity index (χ4n) is 1.87. The molecule has 1 amide bonds. The third-order valence-corrected chi connectivity index (χ3v) is 4.46. The summed E-state index contributed by atoms with van der Waals surface area (Å²) in [4.78, 5) is 10.3. The number of piperidine rings is 1. The smallest absolute Gasteiger partial charge is 0.243 e. The first-order valence-electron chi connectivity index (χ1n) is 5.83. The number of hydrogen-bond donors (Lipinski definition) is 3. The summed E-state index contributed by atoms with van der Waals surface area (Å²) in [6.45, 7) is 0.121. The van der Waals surface area contributed by atoms with Crippen LogP contribution in [0.3, 0.4) is 0 Å². The Bertz CT molecular complexity index is 639. The molecular formula is C11H13F2N3O3S. The number of halogens is 2. The third-order valence-electron chi connectivity index (χ3n) is 2.93. The Balaban J connectivity index is 2.22. The predicted octanol–water partition coefficient (Wildman–Crippen LogP) is 0.104. The molecule has 2 rings (SSSR count). The van der Waals surface area contributed by atoms with Crippen LogP contribution < -0.4 is 15.8 Å². The first-order chi connectivity index (χ1) is 9.29. The number of nitrogen functional groups attached to an aromatic ring is 1. The number of hydrogen-bond acceptors (Lipinski definition) is 4. The van der Waals surface area contributed by atoms with E-state index in [9.17, 15) is 22.0 Å². The maximum absolute atomic E-state index is 13.6. The summed E-state index contributed by atoms with van der Waals surface area (Å²) >= 11 is 0. The van der Waals surface area contributed by atoms with Crippen molar-refractivity contribution >= 4 is 21.6 Å². The van der Waals surface area contributed by atoms with Crippen LogP contribution in [0.1, 0.15) is 12.8 Å². The molecule has 9 heteroatoms. The zero-order valence-corrected chi connectivity index (χ0v) is 11.1. The van der Waals surface area contributed by atoms with E-state index < -0.39 is 38.3 Å². The highest BCUT2D eigenvalue weighted by atomic mass is 32.2. The molecule has 0 aliphatic carbocycles. The molecule has 20 heavy (non-hydrogen) atoms. The normalized spacial score (nSPS) is 19.7.